The van der Waals surface area contributed by atoms with Crippen LogP contribution in [0.2, 0.25) is 0 Å². The smallest absolute Gasteiger partial charge is 0.251 e. The number of guanidine groups is 1. The second-order valence-electron chi connectivity index (χ2n) is 9.00. The van der Waals surface area contributed by atoms with Crippen molar-refractivity contribution >= 4 is 29.5 Å². The van der Waals surface area contributed by atoms with Gasteiger partial charge in [0.2, 0.25) is 11.8 Å². The van der Waals surface area contributed by atoms with Crippen LogP contribution in [0.1, 0.15) is 49.9 Å². The highest BCUT2D eigenvalue weighted by molar-refractivity contribution is 5.99. The van der Waals surface area contributed by atoms with Crippen molar-refractivity contribution in [3.05, 3.63) is 35.6 Å². The number of Topliss-reactive ketones (excluding diaryl/α,β-unsaturated/α-hetero) is 1. The Morgan fingerprint density at radius 2 is 1.81 bits per heavy atom. The van der Waals surface area contributed by atoms with Crippen LogP contribution in [-0.2, 0) is 14.4 Å². The summed E-state index contributed by atoms with van der Waals surface area (Å²) in [5, 5.41) is 5.25. The van der Waals surface area contributed by atoms with E-state index < -0.39 is 54.1 Å². The zero-order valence-corrected chi connectivity index (χ0v) is 20.5. The Morgan fingerprint density at radius 1 is 1.14 bits per heavy atom. The molecule has 0 aliphatic carbocycles. The van der Waals surface area contributed by atoms with Gasteiger partial charge in [-0.25, -0.2) is 8.78 Å². The summed E-state index contributed by atoms with van der Waals surface area (Å²) >= 11 is 0. The molecule has 1 fully saturated rings. The van der Waals surface area contributed by atoms with E-state index in [1.54, 1.807) is 13.8 Å². The first kappa shape index (κ1) is 28.7. The fraction of sp³-hybridized carbons (Fsp3) is 0.542. The first-order chi connectivity index (χ1) is 17.0. The molecule has 0 spiro atoms. The maximum atomic E-state index is 13.4. The van der Waals surface area contributed by atoms with Crippen molar-refractivity contribution in [3.8, 4) is 0 Å². The van der Waals surface area contributed by atoms with E-state index in [0.29, 0.717) is 25.8 Å². The van der Waals surface area contributed by atoms with E-state index in [-0.39, 0.29) is 30.4 Å². The predicted octanol–water partition coefficient (Wildman–Crippen LogP) is 0.648. The van der Waals surface area contributed by atoms with E-state index in [1.807, 2.05) is 0 Å². The van der Waals surface area contributed by atoms with Crippen molar-refractivity contribution in [2.75, 3.05) is 19.8 Å². The summed E-state index contributed by atoms with van der Waals surface area (Å²) < 4.78 is 26.3. The standard InChI is InChI=1S/C24H34F2N6O4/c1-14(2)20(31-21(34)15-7-9-16(26)10-8-15)23(36)32-12-4-6-18(32)22(35)30-17(19(33)13-25)5-3-11-29-24(27)28/h7-10,14,17-18,20H,3-6,11-13H2,1-2H3,(H,30,35)(H,31,34)(H4,27,28,29)/t17?,18-,20?/m0/s1. The van der Waals surface area contributed by atoms with Crippen LogP contribution >= 0.6 is 0 Å². The molecule has 10 nitrogen and oxygen atoms in total. The third-order valence-corrected chi connectivity index (χ3v) is 5.95. The molecule has 3 amide bonds. The highest BCUT2D eigenvalue weighted by Gasteiger charge is 2.39. The van der Waals surface area contributed by atoms with Crippen LogP contribution in [0.5, 0.6) is 0 Å². The molecular formula is C24H34F2N6O4. The van der Waals surface area contributed by atoms with Crippen LogP contribution in [0.15, 0.2) is 29.3 Å². The molecule has 1 aromatic carbocycles. The number of benzene rings is 1. The monoisotopic (exact) mass is 508 g/mol. The molecule has 0 saturated carbocycles. The summed E-state index contributed by atoms with van der Waals surface area (Å²) in [6, 6.07) is 2.05. The van der Waals surface area contributed by atoms with Crippen molar-refractivity contribution in [1.82, 2.24) is 15.5 Å². The number of amides is 3. The lowest BCUT2D eigenvalue weighted by atomic mass is 10.0. The summed E-state index contributed by atoms with van der Waals surface area (Å²) in [6.45, 7) is 2.77. The minimum absolute atomic E-state index is 0.112. The number of alkyl halides is 1. The van der Waals surface area contributed by atoms with Crippen molar-refractivity contribution in [3.63, 3.8) is 0 Å². The Morgan fingerprint density at radius 3 is 2.39 bits per heavy atom. The minimum Gasteiger partial charge on any atom is -0.370 e. The Kier molecular flexibility index (Phi) is 10.8. The average molecular weight is 509 g/mol. The molecule has 2 unspecified atom stereocenters. The number of nitrogens with zero attached hydrogens (tertiary/aromatic N) is 2. The van der Waals surface area contributed by atoms with E-state index in [9.17, 15) is 28.0 Å². The zero-order chi connectivity index (χ0) is 26.8. The van der Waals surface area contributed by atoms with E-state index in [0.717, 1.165) is 12.1 Å². The number of rotatable bonds is 12. The number of carbonyl (C=O) groups excluding carboxylic acids is 4. The number of nitrogens with one attached hydrogen (secondary N) is 2. The van der Waals surface area contributed by atoms with Gasteiger partial charge in [0.1, 0.15) is 24.6 Å². The Bertz CT molecular complexity index is 966. The maximum Gasteiger partial charge on any atom is 0.251 e. The second-order valence-corrected chi connectivity index (χ2v) is 9.00. The molecule has 198 valence electrons. The van der Waals surface area contributed by atoms with Gasteiger partial charge in [0.25, 0.3) is 5.91 Å². The van der Waals surface area contributed by atoms with Gasteiger partial charge in [-0.15, -0.1) is 0 Å². The number of hydrogen-bond donors (Lipinski definition) is 4. The highest BCUT2D eigenvalue weighted by Crippen LogP contribution is 2.21. The van der Waals surface area contributed by atoms with Gasteiger partial charge in [-0.05, 0) is 55.9 Å². The van der Waals surface area contributed by atoms with E-state index in [4.69, 9.17) is 11.5 Å². The third kappa shape index (κ3) is 7.99. The fourth-order valence-corrected chi connectivity index (χ4v) is 4.00. The van der Waals surface area contributed by atoms with Gasteiger partial charge < -0.3 is 27.0 Å². The van der Waals surface area contributed by atoms with Crippen LogP contribution in [0.25, 0.3) is 0 Å². The van der Waals surface area contributed by atoms with E-state index in [2.05, 4.69) is 15.6 Å². The Balaban J connectivity index is 2.09. The topological polar surface area (TPSA) is 160 Å². The molecule has 3 atom stereocenters. The first-order valence-electron chi connectivity index (χ1n) is 11.9. The fourth-order valence-electron chi connectivity index (χ4n) is 4.00. The van der Waals surface area contributed by atoms with Gasteiger partial charge in [-0.1, -0.05) is 13.8 Å². The second kappa shape index (κ2) is 13.5. The third-order valence-electron chi connectivity index (χ3n) is 5.95. The lowest BCUT2D eigenvalue weighted by molar-refractivity contribution is -0.141. The van der Waals surface area contributed by atoms with Crippen molar-refractivity contribution in [1.29, 1.82) is 0 Å². The van der Waals surface area contributed by atoms with Gasteiger partial charge >= 0.3 is 0 Å². The van der Waals surface area contributed by atoms with Crippen LogP contribution in [-0.4, -0.2) is 72.3 Å². The summed E-state index contributed by atoms with van der Waals surface area (Å²) in [7, 11) is 0. The van der Waals surface area contributed by atoms with Crippen LogP contribution in [0, 0.1) is 11.7 Å². The van der Waals surface area contributed by atoms with Gasteiger partial charge in [0.15, 0.2) is 11.7 Å². The van der Waals surface area contributed by atoms with Crippen molar-refractivity contribution < 1.29 is 28.0 Å². The summed E-state index contributed by atoms with van der Waals surface area (Å²) in [6.07, 6.45) is 1.38. The summed E-state index contributed by atoms with van der Waals surface area (Å²) in [5.41, 5.74) is 10.7. The minimum atomic E-state index is -1.24. The number of halogens is 2. The van der Waals surface area contributed by atoms with Gasteiger partial charge in [-0.2, -0.15) is 0 Å². The molecule has 12 heteroatoms. The van der Waals surface area contributed by atoms with E-state index in [1.165, 1.54) is 17.0 Å². The van der Waals surface area contributed by atoms with Crippen LogP contribution < -0.4 is 22.1 Å². The number of likely N-dealkylation sites (tertiary alicyclic amines) is 1. The van der Waals surface area contributed by atoms with Crippen molar-refractivity contribution in [2.24, 2.45) is 22.4 Å². The van der Waals surface area contributed by atoms with Gasteiger partial charge in [0, 0.05) is 18.7 Å². The molecule has 6 N–H and O–H groups in total. The normalized spacial score (nSPS) is 16.8. The number of carbonyl (C=O) groups is 4. The number of hydrogen-bond acceptors (Lipinski definition) is 5. The Labute approximate surface area is 208 Å². The van der Waals surface area contributed by atoms with Crippen molar-refractivity contribution in [2.45, 2.75) is 57.7 Å². The molecule has 0 aromatic heterocycles. The molecule has 1 heterocycles. The molecule has 1 aliphatic rings. The largest absolute Gasteiger partial charge is 0.370 e. The highest BCUT2D eigenvalue weighted by atomic mass is 19.1. The summed E-state index contributed by atoms with van der Waals surface area (Å²) in [5.74, 6) is -3.25. The first-order valence-corrected chi connectivity index (χ1v) is 11.9. The Hall–Kier alpha value is -3.57. The van der Waals surface area contributed by atoms with Crippen LogP contribution in [0.4, 0.5) is 8.78 Å². The molecule has 2 rings (SSSR count). The molecule has 36 heavy (non-hydrogen) atoms. The molecular weight excluding hydrogens is 474 g/mol. The van der Waals surface area contributed by atoms with Gasteiger partial charge in [-0.3, -0.25) is 24.2 Å². The molecule has 0 bridgehead atoms. The lowest BCUT2D eigenvalue weighted by Gasteiger charge is -2.31. The predicted molar refractivity (Wildman–Crippen MR) is 130 cm³/mol. The SMILES string of the molecule is CC(C)C(NC(=O)c1ccc(F)cc1)C(=O)N1CCC[C@H]1C(=O)NC(CCCN=C(N)N)C(=O)CF. The molecule has 1 saturated heterocycles. The zero-order valence-electron chi connectivity index (χ0n) is 20.5. The quantitative estimate of drug-likeness (QED) is 0.184. The number of ketones is 1. The number of nitrogens with two attached hydrogens (primary N) is 2. The van der Waals surface area contributed by atoms with Crippen LogP contribution in [0.3, 0.4) is 0 Å². The lowest BCUT2D eigenvalue weighted by Crippen LogP contribution is -2.56. The van der Waals surface area contributed by atoms with E-state index >= 15 is 0 Å². The average Bonchev–Trinajstić information content (AvgIpc) is 3.33. The molecule has 0 radical (unpaired) electrons. The maximum absolute atomic E-state index is 13.4. The molecule has 1 aliphatic heterocycles. The summed E-state index contributed by atoms with van der Waals surface area (Å²) in [4.78, 5) is 56.3. The van der Waals surface area contributed by atoms with Gasteiger partial charge in [0.05, 0.1) is 6.04 Å². The molecule has 1 aromatic rings. The number of aliphatic imine (C=N–C) groups is 1.